The molecule has 1 aromatic rings. The SMILES string of the molecule is C=C/C(C#Cc1cc(N=CCC)c(CC)cc1Cl)=C\N=C. The monoisotopic (exact) mass is 298 g/mol. The van der Waals surface area contributed by atoms with Crippen LogP contribution in [0.3, 0.4) is 0 Å². The fourth-order valence-corrected chi connectivity index (χ4v) is 1.90. The lowest BCUT2D eigenvalue weighted by atomic mass is 10.1. The third-order valence-corrected chi connectivity index (χ3v) is 3.07. The molecule has 0 aromatic heterocycles. The van der Waals surface area contributed by atoms with Crippen LogP contribution >= 0.6 is 11.6 Å². The molecule has 0 saturated heterocycles. The molecule has 0 saturated carbocycles. The van der Waals surface area contributed by atoms with Crippen molar-refractivity contribution >= 4 is 30.2 Å². The van der Waals surface area contributed by atoms with E-state index in [4.69, 9.17) is 11.6 Å². The lowest BCUT2D eigenvalue weighted by Gasteiger charge is -2.06. The summed E-state index contributed by atoms with van der Waals surface area (Å²) in [6.07, 6.45) is 6.84. The zero-order valence-corrected chi connectivity index (χ0v) is 13.2. The van der Waals surface area contributed by atoms with Gasteiger partial charge in [-0.05, 0) is 37.3 Å². The predicted octanol–water partition coefficient (Wildman–Crippen LogP) is 5.14. The highest BCUT2D eigenvalue weighted by molar-refractivity contribution is 6.32. The fraction of sp³-hybridized carbons (Fsp3) is 0.222. The fourth-order valence-electron chi connectivity index (χ4n) is 1.67. The minimum absolute atomic E-state index is 0.629. The molecule has 1 aromatic carbocycles. The Morgan fingerprint density at radius 3 is 2.71 bits per heavy atom. The van der Waals surface area contributed by atoms with Gasteiger partial charge in [-0.15, -0.1) is 0 Å². The molecule has 0 spiro atoms. The lowest BCUT2D eigenvalue weighted by molar-refractivity contribution is 1.13. The van der Waals surface area contributed by atoms with Crippen LogP contribution in [0.25, 0.3) is 0 Å². The summed E-state index contributed by atoms with van der Waals surface area (Å²) in [7, 11) is 0. The molecule has 0 fully saturated rings. The number of hydrogen-bond donors (Lipinski definition) is 0. The van der Waals surface area contributed by atoms with Crippen LogP contribution in [0.2, 0.25) is 5.02 Å². The van der Waals surface area contributed by atoms with Gasteiger partial charge in [0.15, 0.2) is 0 Å². The van der Waals surface area contributed by atoms with Gasteiger partial charge in [0.05, 0.1) is 10.7 Å². The summed E-state index contributed by atoms with van der Waals surface area (Å²) in [6.45, 7) is 11.2. The second-order valence-electron chi connectivity index (χ2n) is 4.26. The van der Waals surface area contributed by atoms with Crippen molar-refractivity contribution in [3.8, 4) is 11.8 Å². The van der Waals surface area contributed by atoms with Crippen LogP contribution in [0.15, 0.2) is 46.5 Å². The van der Waals surface area contributed by atoms with Crippen molar-refractivity contribution in [3.05, 3.63) is 52.7 Å². The highest BCUT2D eigenvalue weighted by Crippen LogP contribution is 2.27. The van der Waals surface area contributed by atoms with Gasteiger partial charge in [0.25, 0.3) is 0 Å². The van der Waals surface area contributed by atoms with Gasteiger partial charge < -0.3 is 0 Å². The Balaban J connectivity index is 3.28. The third kappa shape index (κ3) is 5.06. The van der Waals surface area contributed by atoms with Crippen LogP contribution < -0.4 is 0 Å². The number of hydrogen-bond acceptors (Lipinski definition) is 2. The third-order valence-electron chi connectivity index (χ3n) is 2.75. The molecule has 2 nitrogen and oxygen atoms in total. The molecule has 0 amide bonds. The first-order valence-electron chi connectivity index (χ1n) is 6.81. The highest BCUT2D eigenvalue weighted by Gasteiger charge is 2.05. The Kier molecular flexibility index (Phi) is 7.21. The highest BCUT2D eigenvalue weighted by atomic mass is 35.5. The van der Waals surface area contributed by atoms with E-state index in [9.17, 15) is 0 Å². The Morgan fingerprint density at radius 1 is 1.38 bits per heavy atom. The van der Waals surface area contributed by atoms with Crippen molar-refractivity contribution < 1.29 is 0 Å². The van der Waals surface area contributed by atoms with Crippen molar-refractivity contribution in [2.45, 2.75) is 26.7 Å². The molecule has 0 aliphatic carbocycles. The summed E-state index contributed by atoms with van der Waals surface area (Å²) in [6, 6.07) is 3.85. The largest absolute Gasteiger partial charge is 0.271 e. The van der Waals surface area contributed by atoms with E-state index in [-0.39, 0.29) is 0 Å². The zero-order chi connectivity index (χ0) is 15.7. The van der Waals surface area contributed by atoms with Crippen molar-refractivity contribution in [1.29, 1.82) is 0 Å². The number of aryl methyl sites for hydroxylation is 1. The molecule has 21 heavy (non-hydrogen) atoms. The Hall–Kier alpha value is -2.11. The maximum absolute atomic E-state index is 6.28. The first kappa shape index (κ1) is 16.9. The van der Waals surface area contributed by atoms with Crippen LogP contribution in [-0.2, 0) is 6.42 Å². The lowest BCUT2D eigenvalue weighted by Crippen LogP contribution is -1.87. The second-order valence-corrected chi connectivity index (χ2v) is 4.66. The minimum Gasteiger partial charge on any atom is -0.271 e. The molecule has 0 bridgehead atoms. The second kappa shape index (κ2) is 8.94. The zero-order valence-electron chi connectivity index (χ0n) is 12.5. The topological polar surface area (TPSA) is 24.7 Å². The quantitative estimate of drug-likeness (QED) is 0.409. The summed E-state index contributed by atoms with van der Waals surface area (Å²) in [5.41, 5.74) is 3.47. The van der Waals surface area contributed by atoms with Crippen molar-refractivity contribution in [1.82, 2.24) is 0 Å². The molecule has 0 N–H and O–H groups in total. The number of rotatable bonds is 5. The van der Waals surface area contributed by atoms with E-state index in [0.29, 0.717) is 10.6 Å². The smallest absolute Gasteiger partial charge is 0.0671 e. The summed E-state index contributed by atoms with van der Waals surface area (Å²) in [4.78, 5) is 8.15. The summed E-state index contributed by atoms with van der Waals surface area (Å²) in [5, 5.41) is 0.629. The molecule has 0 radical (unpaired) electrons. The van der Waals surface area contributed by atoms with E-state index in [1.165, 1.54) is 0 Å². The van der Waals surface area contributed by atoms with Crippen LogP contribution in [0.4, 0.5) is 5.69 Å². The predicted molar refractivity (Wildman–Crippen MR) is 94.0 cm³/mol. The number of nitrogens with zero attached hydrogens (tertiary/aromatic N) is 2. The van der Waals surface area contributed by atoms with Crippen LogP contribution in [0.5, 0.6) is 0 Å². The Labute approximate surface area is 132 Å². The minimum atomic E-state index is 0.629. The molecule has 0 aliphatic rings. The molecule has 1 rings (SSSR count). The molecule has 108 valence electrons. The molecule has 0 aliphatic heterocycles. The van der Waals surface area contributed by atoms with E-state index >= 15 is 0 Å². The molecular weight excluding hydrogens is 280 g/mol. The first-order chi connectivity index (χ1) is 10.2. The molecule has 0 atom stereocenters. The molecular formula is C18H19ClN2. The van der Waals surface area contributed by atoms with Gasteiger partial charge in [-0.25, -0.2) is 0 Å². The Morgan fingerprint density at radius 2 is 2.14 bits per heavy atom. The number of benzene rings is 1. The molecule has 0 unspecified atom stereocenters. The van der Waals surface area contributed by atoms with E-state index in [1.54, 1.807) is 12.3 Å². The van der Waals surface area contributed by atoms with Gasteiger partial charge in [0.2, 0.25) is 0 Å². The summed E-state index contributed by atoms with van der Waals surface area (Å²) >= 11 is 6.28. The molecule has 3 heteroatoms. The van der Waals surface area contributed by atoms with Crippen LogP contribution in [0, 0.1) is 11.8 Å². The van der Waals surface area contributed by atoms with Gasteiger partial charge in [-0.1, -0.05) is 49.9 Å². The van der Waals surface area contributed by atoms with E-state index in [2.05, 4.69) is 49.0 Å². The number of allylic oxidation sites excluding steroid dienone is 2. The maximum atomic E-state index is 6.28. The van der Waals surface area contributed by atoms with Gasteiger partial charge in [0, 0.05) is 23.6 Å². The summed E-state index contributed by atoms with van der Waals surface area (Å²) < 4.78 is 0. The first-order valence-corrected chi connectivity index (χ1v) is 7.19. The van der Waals surface area contributed by atoms with E-state index in [1.807, 2.05) is 18.3 Å². The average molecular weight is 299 g/mol. The number of aliphatic imine (C=N–C) groups is 2. The van der Waals surface area contributed by atoms with E-state index < -0.39 is 0 Å². The van der Waals surface area contributed by atoms with Crippen molar-refractivity contribution in [3.63, 3.8) is 0 Å². The average Bonchev–Trinajstić information content (AvgIpc) is 2.50. The van der Waals surface area contributed by atoms with E-state index in [0.717, 1.165) is 29.7 Å². The standard InChI is InChI=1S/C18H19ClN2/c1-5-10-21-18-12-16(17(19)11-15(18)7-3)9-8-14(6-2)13-20-4/h6,10-13H,2,4-5,7H2,1,3H3/b14-13+,21-10?. The number of halogens is 1. The van der Waals surface area contributed by atoms with Gasteiger partial charge >= 0.3 is 0 Å². The van der Waals surface area contributed by atoms with Crippen LogP contribution in [0.1, 0.15) is 31.4 Å². The normalized spacial score (nSPS) is 11.1. The summed E-state index contributed by atoms with van der Waals surface area (Å²) in [5.74, 6) is 6.00. The van der Waals surface area contributed by atoms with Gasteiger partial charge in [-0.3, -0.25) is 9.98 Å². The van der Waals surface area contributed by atoms with Crippen molar-refractivity contribution in [2.75, 3.05) is 0 Å². The Bertz CT molecular complexity index is 643. The van der Waals surface area contributed by atoms with Crippen molar-refractivity contribution in [2.24, 2.45) is 9.98 Å². The van der Waals surface area contributed by atoms with Crippen LogP contribution in [-0.4, -0.2) is 12.9 Å². The maximum Gasteiger partial charge on any atom is 0.0671 e. The van der Waals surface area contributed by atoms with Gasteiger partial charge in [-0.2, -0.15) is 0 Å². The molecule has 0 heterocycles. The van der Waals surface area contributed by atoms with Gasteiger partial charge in [0.1, 0.15) is 0 Å².